The molecule has 1 saturated carbocycles. The number of rotatable bonds is 5. The molecule has 0 bridgehead atoms. The molecular formula is C14H19NO2. The van der Waals surface area contributed by atoms with Crippen molar-refractivity contribution in [3.63, 3.8) is 0 Å². The number of carboxylic acid groups (broad SMARTS) is 1. The summed E-state index contributed by atoms with van der Waals surface area (Å²) < 4.78 is 0. The number of carboxylic acids is 1. The Morgan fingerprint density at radius 3 is 2.71 bits per heavy atom. The number of aromatic carboxylic acids is 1. The molecule has 0 radical (unpaired) electrons. The van der Waals surface area contributed by atoms with Crippen molar-refractivity contribution in [2.75, 3.05) is 5.32 Å². The van der Waals surface area contributed by atoms with Crippen LogP contribution < -0.4 is 5.32 Å². The highest BCUT2D eigenvalue weighted by Gasteiger charge is 2.29. The van der Waals surface area contributed by atoms with Gasteiger partial charge in [0.15, 0.2) is 0 Å². The highest BCUT2D eigenvalue weighted by molar-refractivity contribution is 5.88. The molecule has 0 saturated heterocycles. The minimum absolute atomic E-state index is 0.354. The van der Waals surface area contributed by atoms with Crippen molar-refractivity contribution in [2.24, 2.45) is 5.92 Å². The van der Waals surface area contributed by atoms with Crippen LogP contribution in [-0.4, -0.2) is 17.1 Å². The predicted octanol–water partition coefficient (Wildman–Crippen LogP) is 3.29. The molecule has 1 aromatic rings. The van der Waals surface area contributed by atoms with Crippen molar-refractivity contribution in [3.05, 3.63) is 29.3 Å². The average Bonchev–Trinajstić information content (AvgIpc) is 3.11. The third-order valence-corrected chi connectivity index (χ3v) is 3.45. The molecule has 1 atom stereocenters. The number of hydrogen-bond donors (Lipinski definition) is 2. The van der Waals surface area contributed by atoms with Crippen molar-refractivity contribution in [3.8, 4) is 0 Å². The van der Waals surface area contributed by atoms with Crippen LogP contribution in [0.25, 0.3) is 0 Å². The van der Waals surface area contributed by atoms with Crippen molar-refractivity contribution in [1.82, 2.24) is 0 Å². The van der Waals surface area contributed by atoms with Gasteiger partial charge in [0.2, 0.25) is 0 Å². The van der Waals surface area contributed by atoms with Crippen molar-refractivity contribution in [1.29, 1.82) is 0 Å². The van der Waals surface area contributed by atoms with Crippen LogP contribution in [0.2, 0.25) is 0 Å². The summed E-state index contributed by atoms with van der Waals surface area (Å²) in [6, 6.07) is 5.80. The standard InChI is InChI=1S/C14H19NO2/c1-3-12(10-4-5-10)15-13-7-6-11(14(16)17)8-9(13)2/h6-8,10,12,15H,3-5H2,1-2H3,(H,16,17). The monoisotopic (exact) mass is 233 g/mol. The average molecular weight is 233 g/mol. The molecule has 2 N–H and O–H groups in total. The molecule has 0 aliphatic heterocycles. The fourth-order valence-corrected chi connectivity index (χ4v) is 2.21. The molecule has 2 rings (SSSR count). The summed E-state index contributed by atoms with van der Waals surface area (Å²) in [6.45, 7) is 4.14. The summed E-state index contributed by atoms with van der Waals surface area (Å²) in [5.41, 5.74) is 2.42. The Morgan fingerprint density at radius 2 is 2.24 bits per heavy atom. The molecule has 0 aromatic heterocycles. The van der Waals surface area contributed by atoms with Gasteiger partial charge in [-0.2, -0.15) is 0 Å². The first-order valence-corrected chi connectivity index (χ1v) is 6.22. The smallest absolute Gasteiger partial charge is 0.335 e. The van der Waals surface area contributed by atoms with E-state index in [0.717, 1.165) is 23.6 Å². The molecule has 1 unspecified atom stereocenters. The van der Waals surface area contributed by atoms with Crippen LogP contribution in [0.15, 0.2) is 18.2 Å². The molecule has 0 heterocycles. The lowest BCUT2D eigenvalue weighted by molar-refractivity contribution is 0.0697. The Hall–Kier alpha value is -1.51. The van der Waals surface area contributed by atoms with Gasteiger partial charge in [0, 0.05) is 11.7 Å². The minimum atomic E-state index is -0.867. The van der Waals surface area contributed by atoms with Crippen LogP contribution in [-0.2, 0) is 0 Å². The summed E-state index contributed by atoms with van der Waals surface area (Å²) in [6.07, 6.45) is 3.75. The molecule has 1 aliphatic rings. The second-order valence-electron chi connectivity index (χ2n) is 4.83. The molecule has 17 heavy (non-hydrogen) atoms. The normalized spacial score (nSPS) is 16.6. The lowest BCUT2D eigenvalue weighted by Gasteiger charge is -2.19. The number of hydrogen-bond acceptors (Lipinski definition) is 2. The fourth-order valence-electron chi connectivity index (χ4n) is 2.21. The Morgan fingerprint density at radius 1 is 1.53 bits per heavy atom. The summed E-state index contributed by atoms with van der Waals surface area (Å²) in [7, 11) is 0. The van der Waals surface area contributed by atoms with Crippen LogP contribution in [0.4, 0.5) is 5.69 Å². The molecule has 1 aliphatic carbocycles. The Labute approximate surface area is 102 Å². The maximum absolute atomic E-state index is 10.8. The van der Waals surface area contributed by atoms with E-state index in [0.29, 0.717) is 11.6 Å². The van der Waals surface area contributed by atoms with Gasteiger partial charge in [-0.1, -0.05) is 6.92 Å². The quantitative estimate of drug-likeness (QED) is 0.820. The van der Waals surface area contributed by atoms with Crippen LogP contribution in [0, 0.1) is 12.8 Å². The fraction of sp³-hybridized carbons (Fsp3) is 0.500. The van der Waals surface area contributed by atoms with Gasteiger partial charge < -0.3 is 10.4 Å². The highest BCUT2D eigenvalue weighted by Crippen LogP contribution is 2.36. The lowest BCUT2D eigenvalue weighted by Crippen LogP contribution is -2.21. The zero-order valence-electron chi connectivity index (χ0n) is 10.4. The first kappa shape index (κ1) is 12.0. The Kier molecular flexibility index (Phi) is 3.36. The van der Waals surface area contributed by atoms with E-state index in [-0.39, 0.29) is 0 Å². The third kappa shape index (κ3) is 2.78. The maximum atomic E-state index is 10.8. The van der Waals surface area contributed by atoms with E-state index in [1.54, 1.807) is 12.1 Å². The molecule has 92 valence electrons. The Bertz CT molecular complexity index is 424. The number of nitrogens with one attached hydrogen (secondary N) is 1. The van der Waals surface area contributed by atoms with Crippen LogP contribution in [0.3, 0.4) is 0 Å². The maximum Gasteiger partial charge on any atom is 0.335 e. The van der Waals surface area contributed by atoms with E-state index >= 15 is 0 Å². The number of benzene rings is 1. The number of aryl methyl sites for hydroxylation is 1. The van der Waals surface area contributed by atoms with Gasteiger partial charge in [0.25, 0.3) is 0 Å². The van der Waals surface area contributed by atoms with Crippen LogP contribution in [0.5, 0.6) is 0 Å². The summed E-state index contributed by atoms with van der Waals surface area (Å²) in [5, 5.41) is 12.4. The van der Waals surface area contributed by atoms with E-state index in [9.17, 15) is 4.79 Å². The molecule has 1 fully saturated rings. The van der Waals surface area contributed by atoms with Gasteiger partial charge >= 0.3 is 5.97 Å². The van der Waals surface area contributed by atoms with E-state index in [1.807, 2.05) is 13.0 Å². The van der Waals surface area contributed by atoms with E-state index in [1.165, 1.54) is 12.8 Å². The number of anilines is 1. The third-order valence-electron chi connectivity index (χ3n) is 3.45. The molecule has 3 nitrogen and oxygen atoms in total. The molecule has 1 aromatic carbocycles. The van der Waals surface area contributed by atoms with Crippen molar-refractivity contribution in [2.45, 2.75) is 39.2 Å². The molecule has 0 amide bonds. The zero-order valence-corrected chi connectivity index (χ0v) is 10.4. The molecular weight excluding hydrogens is 214 g/mol. The highest BCUT2D eigenvalue weighted by atomic mass is 16.4. The molecule has 3 heteroatoms. The summed E-state index contributed by atoms with van der Waals surface area (Å²) >= 11 is 0. The van der Waals surface area contributed by atoms with E-state index in [2.05, 4.69) is 12.2 Å². The summed E-state index contributed by atoms with van der Waals surface area (Å²) in [4.78, 5) is 10.8. The van der Waals surface area contributed by atoms with E-state index < -0.39 is 5.97 Å². The van der Waals surface area contributed by atoms with Crippen molar-refractivity contribution < 1.29 is 9.90 Å². The summed E-state index contributed by atoms with van der Waals surface area (Å²) in [5.74, 6) is -0.0626. The number of carbonyl (C=O) groups is 1. The van der Waals surface area contributed by atoms with Crippen LogP contribution in [0.1, 0.15) is 42.1 Å². The largest absolute Gasteiger partial charge is 0.478 e. The van der Waals surface area contributed by atoms with Gasteiger partial charge in [-0.25, -0.2) is 4.79 Å². The topological polar surface area (TPSA) is 49.3 Å². The molecule has 0 spiro atoms. The van der Waals surface area contributed by atoms with Gasteiger partial charge in [0.1, 0.15) is 0 Å². The van der Waals surface area contributed by atoms with Gasteiger partial charge in [-0.15, -0.1) is 0 Å². The lowest BCUT2D eigenvalue weighted by atomic mass is 10.1. The van der Waals surface area contributed by atoms with Gasteiger partial charge in [0.05, 0.1) is 5.56 Å². The van der Waals surface area contributed by atoms with Gasteiger partial charge in [-0.05, 0) is 55.9 Å². The van der Waals surface area contributed by atoms with Gasteiger partial charge in [-0.3, -0.25) is 0 Å². The van der Waals surface area contributed by atoms with E-state index in [4.69, 9.17) is 5.11 Å². The zero-order chi connectivity index (χ0) is 12.4. The van der Waals surface area contributed by atoms with Crippen LogP contribution >= 0.6 is 0 Å². The SMILES string of the molecule is CCC(Nc1ccc(C(=O)O)cc1C)C1CC1. The second kappa shape index (κ2) is 4.78. The minimum Gasteiger partial charge on any atom is -0.478 e. The first-order chi connectivity index (χ1) is 8.11. The van der Waals surface area contributed by atoms with Crippen molar-refractivity contribution >= 4 is 11.7 Å². The second-order valence-corrected chi connectivity index (χ2v) is 4.83. The first-order valence-electron chi connectivity index (χ1n) is 6.22. The predicted molar refractivity (Wildman–Crippen MR) is 68.6 cm³/mol. The Balaban J connectivity index is 2.12.